The predicted octanol–water partition coefficient (Wildman–Crippen LogP) is -1.36. The molecule has 0 heterocycles. The van der Waals surface area contributed by atoms with E-state index in [-0.39, 0.29) is 25.2 Å². The highest BCUT2D eigenvalue weighted by molar-refractivity contribution is 5.71. The monoisotopic (exact) mass is 189 g/mol. The third-order valence-corrected chi connectivity index (χ3v) is 2.88. The van der Waals surface area contributed by atoms with E-state index in [2.05, 4.69) is 0 Å². The van der Waals surface area contributed by atoms with Gasteiger partial charge < -0.3 is 21.1 Å². The van der Waals surface area contributed by atoms with Crippen LogP contribution in [0.4, 0.5) is 0 Å². The Kier molecular flexibility index (Phi) is 3.24. The second-order valence-electron chi connectivity index (χ2n) is 3.54. The fourth-order valence-corrected chi connectivity index (χ4v) is 2.08. The Morgan fingerprint density at radius 3 is 2.23 bits per heavy atom. The van der Waals surface area contributed by atoms with Crippen molar-refractivity contribution >= 4 is 5.97 Å². The van der Waals surface area contributed by atoms with Crippen LogP contribution in [0, 0.1) is 17.8 Å². The Balaban J connectivity index is 2.74. The largest absolute Gasteiger partial charge is 0.481 e. The lowest BCUT2D eigenvalue weighted by Crippen LogP contribution is -2.32. The SMILES string of the molecule is N[C@H]1C[C@@H](C(=O)O)[C@@H](CO)[C@@H]1CO. The van der Waals surface area contributed by atoms with Gasteiger partial charge >= 0.3 is 5.97 Å². The highest BCUT2D eigenvalue weighted by Crippen LogP contribution is 2.35. The molecule has 0 aromatic rings. The van der Waals surface area contributed by atoms with Gasteiger partial charge in [-0.2, -0.15) is 0 Å². The van der Waals surface area contributed by atoms with Crippen LogP contribution in [0.1, 0.15) is 6.42 Å². The van der Waals surface area contributed by atoms with E-state index in [4.69, 9.17) is 21.1 Å². The first kappa shape index (κ1) is 10.4. The number of rotatable bonds is 3. The first-order valence-electron chi connectivity index (χ1n) is 4.32. The first-order chi connectivity index (χ1) is 6.11. The van der Waals surface area contributed by atoms with E-state index in [1.165, 1.54) is 0 Å². The van der Waals surface area contributed by atoms with E-state index in [1.54, 1.807) is 0 Å². The fraction of sp³-hybridized carbons (Fsp3) is 0.875. The van der Waals surface area contributed by atoms with Crippen molar-refractivity contribution in [1.82, 2.24) is 0 Å². The first-order valence-corrected chi connectivity index (χ1v) is 4.32. The molecular weight excluding hydrogens is 174 g/mol. The number of carboxylic acid groups (broad SMARTS) is 1. The molecular formula is C8H15NO4. The maximum absolute atomic E-state index is 10.7. The molecule has 5 heteroatoms. The Labute approximate surface area is 76.2 Å². The molecule has 0 saturated heterocycles. The van der Waals surface area contributed by atoms with Crippen molar-refractivity contribution in [1.29, 1.82) is 0 Å². The van der Waals surface area contributed by atoms with Crippen LogP contribution in [0.2, 0.25) is 0 Å². The molecule has 5 N–H and O–H groups in total. The molecule has 76 valence electrons. The van der Waals surface area contributed by atoms with Crippen molar-refractivity contribution in [2.75, 3.05) is 13.2 Å². The van der Waals surface area contributed by atoms with Crippen LogP contribution in [0.3, 0.4) is 0 Å². The van der Waals surface area contributed by atoms with Crippen molar-refractivity contribution in [2.24, 2.45) is 23.5 Å². The van der Waals surface area contributed by atoms with E-state index in [1.807, 2.05) is 0 Å². The van der Waals surface area contributed by atoms with E-state index < -0.39 is 17.8 Å². The molecule has 0 bridgehead atoms. The molecule has 5 nitrogen and oxygen atoms in total. The van der Waals surface area contributed by atoms with Gasteiger partial charge in [0.05, 0.1) is 5.92 Å². The summed E-state index contributed by atoms with van der Waals surface area (Å²) in [6.07, 6.45) is 0.339. The topological polar surface area (TPSA) is 104 Å². The molecule has 1 saturated carbocycles. The Hall–Kier alpha value is -0.650. The van der Waals surface area contributed by atoms with Gasteiger partial charge in [-0.25, -0.2) is 0 Å². The van der Waals surface area contributed by atoms with Gasteiger partial charge in [-0.1, -0.05) is 0 Å². The second-order valence-corrected chi connectivity index (χ2v) is 3.54. The van der Waals surface area contributed by atoms with Crippen molar-refractivity contribution in [2.45, 2.75) is 12.5 Å². The van der Waals surface area contributed by atoms with Crippen molar-refractivity contribution < 1.29 is 20.1 Å². The van der Waals surface area contributed by atoms with Crippen molar-refractivity contribution in [3.05, 3.63) is 0 Å². The number of carboxylic acids is 1. The summed E-state index contributed by atoms with van der Waals surface area (Å²) in [7, 11) is 0. The van der Waals surface area contributed by atoms with Crippen LogP contribution in [0.15, 0.2) is 0 Å². The maximum atomic E-state index is 10.7. The molecule has 0 aromatic carbocycles. The van der Waals surface area contributed by atoms with Crippen LogP contribution in [0.5, 0.6) is 0 Å². The van der Waals surface area contributed by atoms with Crippen LogP contribution in [-0.2, 0) is 4.79 Å². The predicted molar refractivity (Wildman–Crippen MR) is 44.9 cm³/mol. The summed E-state index contributed by atoms with van der Waals surface area (Å²) < 4.78 is 0. The van der Waals surface area contributed by atoms with Crippen LogP contribution in [0.25, 0.3) is 0 Å². The minimum atomic E-state index is -0.939. The molecule has 0 aliphatic heterocycles. The number of nitrogens with two attached hydrogens (primary N) is 1. The lowest BCUT2D eigenvalue weighted by molar-refractivity contribution is -0.143. The van der Waals surface area contributed by atoms with Gasteiger partial charge in [0.15, 0.2) is 0 Å². The summed E-state index contributed by atoms with van der Waals surface area (Å²) >= 11 is 0. The summed E-state index contributed by atoms with van der Waals surface area (Å²) in [5.74, 6) is -2.24. The number of carbonyl (C=O) groups is 1. The van der Waals surface area contributed by atoms with E-state index in [0.717, 1.165) is 0 Å². The molecule has 4 atom stereocenters. The van der Waals surface area contributed by atoms with Crippen molar-refractivity contribution in [3.8, 4) is 0 Å². The number of hydrogen-bond acceptors (Lipinski definition) is 4. The minimum Gasteiger partial charge on any atom is -0.481 e. The Morgan fingerprint density at radius 1 is 1.31 bits per heavy atom. The summed E-state index contributed by atoms with van der Waals surface area (Å²) in [5.41, 5.74) is 5.65. The zero-order chi connectivity index (χ0) is 10.0. The lowest BCUT2D eigenvalue weighted by Gasteiger charge is -2.19. The van der Waals surface area contributed by atoms with Gasteiger partial charge in [-0.3, -0.25) is 4.79 Å². The highest BCUT2D eigenvalue weighted by Gasteiger charge is 2.44. The average molecular weight is 189 g/mol. The summed E-state index contributed by atoms with van der Waals surface area (Å²) in [4.78, 5) is 10.7. The van der Waals surface area contributed by atoms with E-state index in [9.17, 15) is 4.79 Å². The fourth-order valence-electron chi connectivity index (χ4n) is 2.08. The Morgan fingerprint density at radius 2 is 1.85 bits per heavy atom. The van der Waals surface area contributed by atoms with Crippen molar-refractivity contribution in [3.63, 3.8) is 0 Å². The van der Waals surface area contributed by atoms with Gasteiger partial charge in [-0.05, 0) is 6.42 Å². The highest BCUT2D eigenvalue weighted by atomic mass is 16.4. The number of aliphatic carboxylic acids is 1. The average Bonchev–Trinajstić information content (AvgIpc) is 2.41. The number of hydrogen-bond donors (Lipinski definition) is 4. The molecule has 1 aliphatic carbocycles. The summed E-state index contributed by atoms with van der Waals surface area (Å²) in [5, 5.41) is 26.7. The summed E-state index contributed by atoms with van der Waals surface area (Å²) in [6, 6.07) is -0.316. The zero-order valence-electron chi connectivity index (χ0n) is 7.26. The Bertz CT molecular complexity index is 197. The molecule has 0 radical (unpaired) electrons. The standard InChI is InChI=1S/C8H15NO4/c9-7-1-4(8(12)13)5(2-10)6(7)3-11/h4-7,10-11H,1-3,9H2,(H,12,13)/t4-,5-,6+,7+/m1/s1. The van der Waals surface area contributed by atoms with Gasteiger partial charge in [0.2, 0.25) is 0 Å². The molecule has 0 unspecified atom stereocenters. The van der Waals surface area contributed by atoms with Crippen LogP contribution < -0.4 is 5.73 Å². The van der Waals surface area contributed by atoms with Crippen LogP contribution in [-0.4, -0.2) is 40.5 Å². The second kappa shape index (κ2) is 4.04. The van der Waals surface area contributed by atoms with Gasteiger partial charge in [0.25, 0.3) is 0 Å². The smallest absolute Gasteiger partial charge is 0.306 e. The van der Waals surface area contributed by atoms with Crippen LogP contribution >= 0.6 is 0 Å². The third kappa shape index (κ3) is 1.82. The number of aliphatic hydroxyl groups is 2. The van der Waals surface area contributed by atoms with E-state index >= 15 is 0 Å². The zero-order valence-corrected chi connectivity index (χ0v) is 7.26. The quantitative estimate of drug-likeness (QED) is 0.439. The molecule has 0 spiro atoms. The lowest BCUT2D eigenvalue weighted by atomic mass is 9.90. The van der Waals surface area contributed by atoms with Gasteiger partial charge in [0, 0.05) is 31.1 Å². The summed E-state index contributed by atoms with van der Waals surface area (Å²) in [6.45, 7) is -0.383. The molecule has 13 heavy (non-hydrogen) atoms. The molecule has 1 aliphatic rings. The van der Waals surface area contributed by atoms with Gasteiger partial charge in [-0.15, -0.1) is 0 Å². The normalized spacial score (nSPS) is 39.3. The van der Waals surface area contributed by atoms with E-state index in [0.29, 0.717) is 6.42 Å². The molecule has 1 rings (SSSR count). The number of aliphatic hydroxyl groups excluding tert-OH is 2. The molecule has 0 amide bonds. The molecule has 0 aromatic heterocycles. The third-order valence-electron chi connectivity index (χ3n) is 2.88. The van der Waals surface area contributed by atoms with Gasteiger partial charge in [0.1, 0.15) is 0 Å². The minimum absolute atomic E-state index is 0.157. The molecule has 1 fully saturated rings. The maximum Gasteiger partial charge on any atom is 0.306 e.